The number of methoxy groups -OCH3 is 2. The first-order chi connectivity index (χ1) is 10.1. The zero-order valence-electron chi connectivity index (χ0n) is 13.3. The molecule has 1 aliphatic rings. The summed E-state index contributed by atoms with van der Waals surface area (Å²) in [6.07, 6.45) is 8.57. The summed E-state index contributed by atoms with van der Waals surface area (Å²) in [5.74, 6) is 1.43. The van der Waals surface area contributed by atoms with Gasteiger partial charge in [-0.2, -0.15) is 0 Å². The summed E-state index contributed by atoms with van der Waals surface area (Å²) in [5, 5.41) is 10.9. The molecule has 21 heavy (non-hydrogen) atoms. The van der Waals surface area contributed by atoms with Crippen LogP contribution in [0.15, 0.2) is 29.8 Å². The van der Waals surface area contributed by atoms with E-state index < -0.39 is 5.60 Å². The molecule has 1 aromatic carbocycles. The molecule has 0 amide bonds. The summed E-state index contributed by atoms with van der Waals surface area (Å²) < 4.78 is 10.6. The van der Waals surface area contributed by atoms with E-state index in [1.165, 1.54) is 24.8 Å². The normalized spacial score (nSPS) is 18.4. The molecule has 0 radical (unpaired) electrons. The Morgan fingerprint density at radius 3 is 2.57 bits per heavy atom. The molecule has 0 spiro atoms. The van der Waals surface area contributed by atoms with Crippen molar-refractivity contribution >= 4 is 0 Å². The van der Waals surface area contributed by atoms with E-state index in [1.807, 2.05) is 25.1 Å². The Kier molecular flexibility index (Phi) is 5.29. The van der Waals surface area contributed by atoms with Gasteiger partial charge in [0.25, 0.3) is 0 Å². The van der Waals surface area contributed by atoms with Gasteiger partial charge in [0.15, 0.2) is 11.5 Å². The van der Waals surface area contributed by atoms with Gasteiger partial charge in [-0.1, -0.05) is 18.6 Å². The second-order valence-corrected chi connectivity index (χ2v) is 5.97. The predicted octanol–water partition coefficient (Wildman–Crippen LogP) is 3.89. The fourth-order valence-electron chi connectivity index (χ4n) is 3.01. The molecule has 1 N–H and O–H groups in total. The summed E-state index contributed by atoms with van der Waals surface area (Å²) in [6.45, 7) is 1.92. The lowest BCUT2D eigenvalue weighted by Gasteiger charge is -2.27. The van der Waals surface area contributed by atoms with Crippen LogP contribution in [0.4, 0.5) is 0 Å². The van der Waals surface area contributed by atoms with Crippen molar-refractivity contribution in [3.05, 3.63) is 35.4 Å². The van der Waals surface area contributed by atoms with Gasteiger partial charge in [-0.3, -0.25) is 0 Å². The highest BCUT2D eigenvalue weighted by molar-refractivity contribution is 5.43. The Hall–Kier alpha value is -1.48. The van der Waals surface area contributed by atoms with Crippen LogP contribution in [0.25, 0.3) is 0 Å². The number of hydrogen-bond acceptors (Lipinski definition) is 3. The van der Waals surface area contributed by atoms with E-state index in [0.29, 0.717) is 12.2 Å². The van der Waals surface area contributed by atoms with Gasteiger partial charge in [-0.25, -0.2) is 0 Å². The minimum atomic E-state index is -0.788. The Labute approximate surface area is 127 Å². The van der Waals surface area contributed by atoms with Crippen molar-refractivity contribution < 1.29 is 14.6 Å². The van der Waals surface area contributed by atoms with Crippen LogP contribution in [0.5, 0.6) is 11.5 Å². The molecule has 0 bridgehead atoms. The Morgan fingerprint density at radius 2 is 1.86 bits per heavy atom. The van der Waals surface area contributed by atoms with Crippen molar-refractivity contribution in [1.29, 1.82) is 0 Å². The molecule has 0 saturated heterocycles. The van der Waals surface area contributed by atoms with Crippen LogP contribution in [0, 0.1) is 0 Å². The standard InChI is InChI=1S/C18H26O3/c1-18(19,15-8-6-4-5-7-9-15)13-14-10-11-16(20-2)17(12-14)21-3/h8,10-12,19H,4-7,9,13H2,1-3H3. The largest absolute Gasteiger partial charge is 0.493 e. The Bertz CT molecular complexity index is 503. The molecule has 0 aromatic heterocycles. The van der Waals surface area contributed by atoms with Crippen molar-refractivity contribution in [3.63, 3.8) is 0 Å². The van der Waals surface area contributed by atoms with Crippen LogP contribution < -0.4 is 9.47 Å². The van der Waals surface area contributed by atoms with Crippen molar-refractivity contribution in [2.24, 2.45) is 0 Å². The monoisotopic (exact) mass is 290 g/mol. The first kappa shape index (κ1) is 15.9. The van der Waals surface area contributed by atoms with Gasteiger partial charge in [0.05, 0.1) is 19.8 Å². The van der Waals surface area contributed by atoms with Crippen LogP contribution in [0.3, 0.4) is 0 Å². The van der Waals surface area contributed by atoms with E-state index in [2.05, 4.69) is 6.08 Å². The third-order valence-corrected chi connectivity index (χ3v) is 4.23. The van der Waals surface area contributed by atoms with E-state index in [1.54, 1.807) is 14.2 Å². The fourth-order valence-corrected chi connectivity index (χ4v) is 3.01. The predicted molar refractivity (Wildman–Crippen MR) is 85.0 cm³/mol. The molecule has 1 unspecified atom stereocenters. The molecule has 0 heterocycles. The van der Waals surface area contributed by atoms with Crippen molar-refractivity contribution in [1.82, 2.24) is 0 Å². The first-order valence-corrected chi connectivity index (χ1v) is 7.69. The highest BCUT2D eigenvalue weighted by Gasteiger charge is 2.26. The molecule has 3 heteroatoms. The second-order valence-electron chi connectivity index (χ2n) is 5.97. The smallest absolute Gasteiger partial charge is 0.160 e. The summed E-state index contributed by atoms with van der Waals surface area (Å²) in [6, 6.07) is 5.84. The summed E-state index contributed by atoms with van der Waals surface area (Å²) in [5.41, 5.74) is 1.45. The molecule has 1 aliphatic carbocycles. The minimum Gasteiger partial charge on any atom is -0.493 e. The number of aliphatic hydroxyl groups is 1. The average Bonchev–Trinajstić information content (AvgIpc) is 2.76. The van der Waals surface area contributed by atoms with E-state index in [9.17, 15) is 5.11 Å². The van der Waals surface area contributed by atoms with Crippen molar-refractivity contribution in [2.45, 2.75) is 51.0 Å². The lowest BCUT2D eigenvalue weighted by molar-refractivity contribution is 0.0948. The van der Waals surface area contributed by atoms with Crippen LogP contribution in [0.1, 0.15) is 44.6 Å². The zero-order valence-corrected chi connectivity index (χ0v) is 13.3. The molecule has 2 rings (SSSR count). The molecular formula is C18H26O3. The van der Waals surface area contributed by atoms with Crippen molar-refractivity contribution in [2.75, 3.05) is 14.2 Å². The van der Waals surface area contributed by atoms with Crippen LogP contribution in [-0.4, -0.2) is 24.9 Å². The number of hydrogen-bond donors (Lipinski definition) is 1. The highest BCUT2D eigenvalue weighted by Crippen LogP contribution is 2.33. The fraction of sp³-hybridized carbons (Fsp3) is 0.556. The number of benzene rings is 1. The molecule has 116 valence electrons. The number of ether oxygens (including phenoxy) is 2. The van der Waals surface area contributed by atoms with Gasteiger partial charge in [0.2, 0.25) is 0 Å². The third kappa shape index (κ3) is 4.01. The SMILES string of the molecule is COc1ccc(CC(C)(O)C2=CCCCCC2)cc1OC. The maximum absolute atomic E-state index is 10.9. The van der Waals surface area contributed by atoms with Gasteiger partial charge < -0.3 is 14.6 Å². The maximum atomic E-state index is 10.9. The second kappa shape index (κ2) is 6.99. The first-order valence-electron chi connectivity index (χ1n) is 7.69. The molecule has 0 aliphatic heterocycles. The van der Waals surface area contributed by atoms with E-state index in [4.69, 9.17) is 9.47 Å². The average molecular weight is 290 g/mol. The van der Waals surface area contributed by atoms with Gasteiger partial charge in [-0.05, 0) is 55.9 Å². The molecule has 1 atom stereocenters. The van der Waals surface area contributed by atoms with Crippen LogP contribution in [-0.2, 0) is 6.42 Å². The van der Waals surface area contributed by atoms with E-state index >= 15 is 0 Å². The van der Waals surface area contributed by atoms with Gasteiger partial charge in [0, 0.05) is 6.42 Å². The quantitative estimate of drug-likeness (QED) is 0.836. The lowest BCUT2D eigenvalue weighted by Crippen LogP contribution is -2.30. The maximum Gasteiger partial charge on any atom is 0.160 e. The van der Waals surface area contributed by atoms with Gasteiger partial charge in [0.1, 0.15) is 0 Å². The van der Waals surface area contributed by atoms with Gasteiger partial charge >= 0.3 is 0 Å². The van der Waals surface area contributed by atoms with E-state index in [0.717, 1.165) is 24.2 Å². The Morgan fingerprint density at radius 1 is 1.10 bits per heavy atom. The molecule has 0 saturated carbocycles. The highest BCUT2D eigenvalue weighted by atomic mass is 16.5. The van der Waals surface area contributed by atoms with Crippen molar-refractivity contribution in [3.8, 4) is 11.5 Å². The molecular weight excluding hydrogens is 264 g/mol. The minimum absolute atomic E-state index is 0.596. The van der Waals surface area contributed by atoms with Crippen LogP contribution >= 0.6 is 0 Å². The topological polar surface area (TPSA) is 38.7 Å². The molecule has 1 aromatic rings. The lowest BCUT2D eigenvalue weighted by atomic mass is 9.86. The number of rotatable bonds is 5. The summed E-state index contributed by atoms with van der Waals surface area (Å²) >= 11 is 0. The third-order valence-electron chi connectivity index (χ3n) is 4.23. The number of allylic oxidation sites excluding steroid dienone is 1. The zero-order chi connectivity index (χ0) is 15.3. The van der Waals surface area contributed by atoms with Gasteiger partial charge in [-0.15, -0.1) is 0 Å². The Balaban J connectivity index is 2.17. The molecule has 3 nitrogen and oxygen atoms in total. The van der Waals surface area contributed by atoms with E-state index in [-0.39, 0.29) is 0 Å². The molecule has 0 fully saturated rings. The van der Waals surface area contributed by atoms with Crippen LogP contribution in [0.2, 0.25) is 0 Å². The summed E-state index contributed by atoms with van der Waals surface area (Å²) in [7, 11) is 3.26. The summed E-state index contributed by atoms with van der Waals surface area (Å²) in [4.78, 5) is 0.